The second-order valence-electron chi connectivity index (χ2n) is 7.27. The number of alkyl halides is 3. The average Bonchev–Trinajstić information content (AvgIpc) is 2.99. The van der Waals surface area contributed by atoms with Crippen molar-refractivity contribution in [3.8, 4) is 0 Å². The van der Waals surface area contributed by atoms with Gasteiger partial charge in [0.15, 0.2) is 5.96 Å². The molecule has 13 heteroatoms. The maximum absolute atomic E-state index is 12.6. The number of aryl methyl sites for hydroxylation is 2. The molecule has 0 aliphatic carbocycles. The Morgan fingerprint density at radius 3 is 2.37 bits per heavy atom. The molecule has 2 heterocycles. The van der Waals surface area contributed by atoms with E-state index in [2.05, 4.69) is 20.8 Å². The molecule has 8 nitrogen and oxygen atoms in total. The zero-order valence-corrected chi connectivity index (χ0v) is 20.6. The maximum Gasteiger partial charge on any atom is 0.511 e. The van der Waals surface area contributed by atoms with Crippen LogP contribution in [0.3, 0.4) is 0 Å². The highest BCUT2D eigenvalue weighted by atomic mass is 127. The monoisotopic (exact) mass is 567 g/mol. The van der Waals surface area contributed by atoms with E-state index in [4.69, 9.17) is 4.52 Å². The normalized spacial score (nSPS) is 18.0. The largest absolute Gasteiger partial charge is 0.511 e. The van der Waals surface area contributed by atoms with Crippen LogP contribution in [0.15, 0.2) is 9.52 Å². The molecule has 1 aliphatic heterocycles. The molecule has 174 valence electrons. The molecule has 1 aromatic rings. The molecule has 1 unspecified atom stereocenters. The summed E-state index contributed by atoms with van der Waals surface area (Å²) >= 11 is 0. The van der Waals surface area contributed by atoms with E-state index < -0.39 is 15.5 Å². The third kappa shape index (κ3) is 6.45. The lowest BCUT2D eigenvalue weighted by Gasteiger charge is -2.31. The van der Waals surface area contributed by atoms with Crippen LogP contribution in [0.1, 0.15) is 42.7 Å². The molecule has 1 atom stereocenters. The Labute approximate surface area is 192 Å². The first kappa shape index (κ1) is 26.9. The Morgan fingerprint density at radius 1 is 1.30 bits per heavy atom. The van der Waals surface area contributed by atoms with Crippen LogP contribution in [-0.2, 0) is 10.0 Å². The van der Waals surface area contributed by atoms with Gasteiger partial charge in [-0.3, -0.25) is 4.99 Å². The minimum absolute atomic E-state index is 0. The van der Waals surface area contributed by atoms with Crippen molar-refractivity contribution < 1.29 is 26.1 Å². The minimum Gasteiger partial charge on any atom is -0.361 e. The number of nitrogens with one attached hydrogen (secondary N) is 2. The van der Waals surface area contributed by atoms with Gasteiger partial charge in [0.25, 0.3) is 0 Å². The fourth-order valence-electron chi connectivity index (χ4n) is 3.51. The first-order chi connectivity index (χ1) is 13.5. The van der Waals surface area contributed by atoms with Crippen LogP contribution in [0.5, 0.6) is 0 Å². The summed E-state index contributed by atoms with van der Waals surface area (Å²) in [6.45, 7) is 6.63. The molecule has 0 saturated carbocycles. The minimum atomic E-state index is -5.25. The Kier molecular flexibility index (Phi) is 9.86. The zero-order valence-electron chi connectivity index (χ0n) is 17.4. The van der Waals surface area contributed by atoms with Crippen molar-refractivity contribution in [2.24, 2.45) is 10.9 Å². The van der Waals surface area contributed by atoms with E-state index in [-0.39, 0.29) is 48.9 Å². The second kappa shape index (κ2) is 11.0. The first-order valence-electron chi connectivity index (χ1n) is 9.41. The highest BCUT2D eigenvalue weighted by Gasteiger charge is 2.50. The number of hydrogen-bond acceptors (Lipinski definition) is 5. The molecule has 1 saturated heterocycles. The van der Waals surface area contributed by atoms with Crippen LogP contribution in [-0.4, -0.2) is 62.6 Å². The number of rotatable bonds is 6. The fourth-order valence-corrected chi connectivity index (χ4v) is 4.49. The van der Waals surface area contributed by atoms with Gasteiger partial charge < -0.3 is 15.2 Å². The zero-order chi connectivity index (χ0) is 21.8. The van der Waals surface area contributed by atoms with E-state index in [0.29, 0.717) is 36.2 Å². The maximum atomic E-state index is 12.6. The van der Waals surface area contributed by atoms with Crippen LogP contribution < -0.4 is 10.6 Å². The van der Waals surface area contributed by atoms with Crippen molar-refractivity contribution in [2.75, 3.05) is 33.2 Å². The highest BCUT2D eigenvalue weighted by Crippen LogP contribution is 2.30. The molecule has 0 aromatic carbocycles. The number of aliphatic imine (C=N–C) groups is 1. The molecule has 1 aliphatic rings. The van der Waals surface area contributed by atoms with Gasteiger partial charge in [-0.2, -0.15) is 17.5 Å². The van der Waals surface area contributed by atoms with E-state index in [1.54, 1.807) is 7.05 Å². The van der Waals surface area contributed by atoms with Crippen molar-refractivity contribution in [1.29, 1.82) is 0 Å². The predicted molar refractivity (Wildman–Crippen MR) is 118 cm³/mol. The lowest BCUT2D eigenvalue weighted by atomic mass is 9.98. The fraction of sp³-hybridized carbons (Fsp3) is 0.765. The number of piperidine rings is 1. The van der Waals surface area contributed by atoms with Gasteiger partial charge in [-0.25, -0.2) is 8.42 Å². The third-order valence-corrected chi connectivity index (χ3v) is 6.77. The standard InChI is InChI=1S/C17H28F3N5O3S.HI/c1-11(15-12(2)24-28-13(15)3)9-22-16(21-4)23-10-14-5-7-25(8-6-14)29(26,27)17(18,19)20;/h11,14H,5-10H2,1-4H3,(H2,21,22,23);1H. The van der Waals surface area contributed by atoms with E-state index in [0.717, 1.165) is 17.0 Å². The molecule has 30 heavy (non-hydrogen) atoms. The van der Waals surface area contributed by atoms with Crippen LogP contribution in [0.4, 0.5) is 13.2 Å². The van der Waals surface area contributed by atoms with Gasteiger partial charge in [-0.05, 0) is 32.6 Å². The summed E-state index contributed by atoms with van der Waals surface area (Å²) in [6, 6.07) is 0. The quantitative estimate of drug-likeness (QED) is 0.312. The lowest BCUT2D eigenvalue weighted by molar-refractivity contribution is -0.0496. The molecule has 0 radical (unpaired) electrons. The molecular weight excluding hydrogens is 538 g/mol. The van der Waals surface area contributed by atoms with Crippen molar-refractivity contribution in [2.45, 2.75) is 45.0 Å². The van der Waals surface area contributed by atoms with Crippen LogP contribution in [0, 0.1) is 19.8 Å². The second-order valence-corrected chi connectivity index (χ2v) is 9.20. The summed E-state index contributed by atoms with van der Waals surface area (Å²) in [5, 5.41) is 10.3. The van der Waals surface area contributed by atoms with Gasteiger partial charge in [0, 0.05) is 44.7 Å². The summed E-state index contributed by atoms with van der Waals surface area (Å²) in [7, 11) is -3.61. The molecular formula is C17H29F3IN5O3S. The number of sulfonamides is 1. The van der Waals surface area contributed by atoms with Gasteiger partial charge >= 0.3 is 15.5 Å². The van der Waals surface area contributed by atoms with Crippen LogP contribution in [0.25, 0.3) is 0 Å². The Hall–Kier alpha value is -1.09. The summed E-state index contributed by atoms with van der Waals surface area (Å²) in [4.78, 5) is 4.16. The molecule has 0 amide bonds. The molecule has 0 bridgehead atoms. The predicted octanol–water partition coefficient (Wildman–Crippen LogP) is 2.74. The summed E-state index contributed by atoms with van der Waals surface area (Å²) in [5.41, 5.74) is -3.35. The van der Waals surface area contributed by atoms with Crippen LogP contribution >= 0.6 is 24.0 Å². The molecule has 2 rings (SSSR count). The Bertz CT molecular complexity index is 802. The van der Waals surface area contributed by atoms with Crippen molar-refractivity contribution in [3.05, 3.63) is 17.0 Å². The number of guanidine groups is 1. The van der Waals surface area contributed by atoms with Crippen LogP contribution in [0.2, 0.25) is 0 Å². The van der Waals surface area contributed by atoms with Gasteiger partial charge in [0.1, 0.15) is 5.76 Å². The van der Waals surface area contributed by atoms with Gasteiger partial charge in [-0.1, -0.05) is 12.1 Å². The smallest absolute Gasteiger partial charge is 0.361 e. The average molecular weight is 567 g/mol. The van der Waals surface area contributed by atoms with E-state index in [1.165, 1.54) is 0 Å². The summed E-state index contributed by atoms with van der Waals surface area (Å²) in [6.07, 6.45) is 0.712. The van der Waals surface area contributed by atoms with E-state index >= 15 is 0 Å². The van der Waals surface area contributed by atoms with Crippen molar-refractivity contribution in [1.82, 2.24) is 20.1 Å². The topological polar surface area (TPSA) is 99.8 Å². The third-order valence-electron chi connectivity index (χ3n) is 5.14. The number of aromatic nitrogens is 1. The van der Waals surface area contributed by atoms with Crippen molar-refractivity contribution >= 4 is 40.0 Å². The van der Waals surface area contributed by atoms with Gasteiger partial charge in [0.05, 0.1) is 5.69 Å². The first-order valence-corrected chi connectivity index (χ1v) is 10.8. The lowest BCUT2D eigenvalue weighted by Crippen LogP contribution is -2.47. The number of nitrogens with zero attached hydrogens (tertiary/aromatic N) is 3. The Morgan fingerprint density at radius 2 is 1.90 bits per heavy atom. The van der Waals surface area contributed by atoms with E-state index in [9.17, 15) is 21.6 Å². The Balaban J connectivity index is 0.00000450. The number of halogens is 4. The van der Waals surface area contributed by atoms with Crippen molar-refractivity contribution in [3.63, 3.8) is 0 Å². The van der Waals surface area contributed by atoms with Gasteiger partial charge in [-0.15, -0.1) is 24.0 Å². The molecule has 2 N–H and O–H groups in total. The summed E-state index contributed by atoms with van der Waals surface area (Å²) in [5.74, 6) is 1.57. The molecule has 0 spiro atoms. The molecule has 1 aromatic heterocycles. The van der Waals surface area contributed by atoms with E-state index in [1.807, 2.05) is 20.8 Å². The van der Waals surface area contributed by atoms with Gasteiger partial charge in [0.2, 0.25) is 0 Å². The summed E-state index contributed by atoms with van der Waals surface area (Å²) < 4.78 is 66.6. The highest BCUT2D eigenvalue weighted by molar-refractivity contribution is 14.0. The number of hydrogen-bond donors (Lipinski definition) is 2. The molecule has 1 fully saturated rings. The SMILES string of the molecule is CN=C(NCC1CCN(S(=O)(=O)C(F)(F)F)CC1)NCC(C)c1c(C)noc1C.I.